The first-order valence-electron chi connectivity index (χ1n) is 9.89. The maximum atomic E-state index is 14.2. The van der Waals surface area contributed by atoms with Crippen LogP contribution in [0.15, 0.2) is 39.7 Å². The van der Waals surface area contributed by atoms with Crippen LogP contribution >= 0.6 is 0 Å². The molecule has 0 saturated heterocycles. The summed E-state index contributed by atoms with van der Waals surface area (Å²) in [6, 6.07) is 0.966. The first kappa shape index (κ1) is 19.3. The molecular formula is C20H14F2N8O3. The third kappa shape index (κ3) is 3.00. The number of carbonyl (C=O) groups excluding carboxylic acids is 1. The summed E-state index contributed by atoms with van der Waals surface area (Å²) in [6.45, 7) is 0.229. The van der Waals surface area contributed by atoms with Gasteiger partial charge in [0.1, 0.15) is 5.52 Å². The number of hydrogen-bond donors (Lipinski definition) is 1. The van der Waals surface area contributed by atoms with Crippen molar-refractivity contribution in [2.75, 3.05) is 6.54 Å². The van der Waals surface area contributed by atoms with E-state index in [4.69, 9.17) is 8.83 Å². The molecule has 1 N–H and O–H groups in total. The smallest absolute Gasteiger partial charge is 0.312 e. The van der Waals surface area contributed by atoms with Crippen LogP contribution < -0.4 is 0 Å². The lowest BCUT2D eigenvalue weighted by atomic mass is 10.0. The molecule has 0 saturated carbocycles. The summed E-state index contributed by atoms with van der Waals surface area (Å²) < 4.78 is 41.2. The van der Waals surface area contributed by atoms with E-state index < -0.39 is 23.6 Å². The van der Waals surface area contributed by atoms with Gasteiger partial charge in [-0.05, 0) is 12.1 Å². The number of rotatable bonds is 3. The number of aryl methyl sites for hydroxylation is 1. The summed E-state index contributed by atoms with van der Waals surface area (Å²) in [5.41, 5.74) is 1.16. The van der Waals surface area contributed by atoms with Crippen LogP contribution in [0, 0.1) is 11.6 Å². The fourth-order valence-electron chi connectivity index (χ4n) is 3.90. The molecule has 0 aliphatic carbocycles. The monoisotopic (exact) mass is 452 g/mol. The van der Waals surface area contributed by atoms with Gasteiger partial charge in [0, 0.05) is 31.9 Å². The number of nitrogens with zero attached hydrogens (tertiary/aromatic N) is 7. The molecule has 5 aromatic rings. The second kappa shape index (κ2) is 7.05. The normalized spacial score (nSPS) is 15.8. The molecule has 166 valence electrons. The zero-order valence-corrected chi connectivity index (χ0v) is 17.0. The Bertz CT molecular complexity index is 1480. The fourth-order valence-corrected chi connectivity index (χ4v) is 3.90. The minimum atomic E-state index is -0.951. The third-order valence-electron chi connectivity index (χ3n) is 5.44. The minimum absolute atomic E-state index is 0.0811. The Morgan fingerprint density at radius 3 is 2.85 bits per heavy atom. The number of carbonyl (C=O) groups is 1. The third-order valence-corrected chi connectivity index (χ3v) is 5.44. The summed E-state index contributed by atoms with van der Waals surface area (Å²) in [6.07, 6.45) is 5.14. The number of H-pyrrole nitrogens is 1. The number of imidazole rings is 1. The molecular weight excluding hydrogens is 438 g/mol. The number of aromatic nitrogens is 7. The van der Waals surface area contributed by atoms with Crippen LogP contribution in [-0.4, -0.2) is 52.3 Å². The zero-order valence-electron chi connectivity index (χ0n) is 17.0. The summed E-state index contributed by atoms with van der Waals surface area (Å²) in [5, 5.41) is 11.8. The molecule has 5 heterocycles. The minimum Gasteiger partial charge on any atom is -0.435 e. The molecule has 13 heteroatoms. The van der Waals surface area contributed by atoms with Crippen LogP contribution in [0.25, 0.3) is 22.6 Å². The molecule has 0 spiro atoms. The maximum absolute atomic E-state index is 14.2. The average molecular weight is 452 g/mol. The maximum Gasteiger partial charge on any atom is 0.312 e. The van der Waals surface area contributed by atoms with E-state index >= 15 is 0 Å². The van der Waals surface area contributed by atoms with E-state index in [1.807, 2.05) is 0 Å². The van der Waals surface area contributed by atoms with E-state index in [2.05, 4.69) is 30.2 Å². The lowest BCUT2D eigenvalue weighted by Gasteiger charge is -2.31. The molecule has 6 rings (SSSR count). The van der Waals surface area contributed by atoms with Gasteiger partial charge in [-0.15, -0.1) is 10.2 Å². The fraction of sp³-hybridized carbons (Fsp3) is 0.200. The number of nitrogens with one attached hydrogen (secondary N) is 1. The molecule has 1 atom stereocenters. The second-order valence-corrected chi connectivity index (χ2v) is 7.49. The molecule has 1 aliphatic heterocycles. The summed E-state index contributed by atoms with van der Waals surface area (Å²) in [7, 11) is 1.73. The van der Waals surface area contributed by atoms with Gasteiger partial charge in [-0.3, -0.25) is 9.48 Å². The van der Waals surface area contributed by atoms with Crippen LogP contribution in [0.3, 0.4) is 0 Å². The highest BCUT2D eigenvalue weighted by molar-refractivity contribution is 5.90. The van der Waals surface area contributed by atoms with Gasteiger partial charge in [0.15, 0.2) is 23.3 Å². The Morgan fingerprint density at radius 1 is 1.21 bits per heavy atom. The second-order valence-electron chi connectivity index (χ2n) is 7.49. The van der Waals surface area contributed by atoms with Crippen LogP contribution in [-0.2, 0) is 13.5 Å². The molecule has 1 aliphatic rings. The van der Waals surface area contributed by atoms with Crippen molar-refractivity contribution in [1.82, 2.24) is 39.8 Å². The van der Waals surface area contributed by atoms with Crippen LogP contribution in [0.1, 0.15) is 34.0 Å². The highest BCUT2D eigenvalue weighted by Gasteiger charge is 2.40. The van der Waals surface area contributed by atoms with E-state index in [1.165, 1.54) is 17.4 Å². The molecule has 11 nitrogen and oxygen atoms in total. The number of benzene rings is 1. The Labute approximate surface area is 183 Å². The molecule has 0 radical (unpaired) electrons. The van der Waals surface area contributed by atoms with E-state index in [0.29, 0.717) is 17.7 Å². The van der Waals surface area contributed by atoms with Crippen LogP contribution in [0.2, 0.25) is 0 Å². The quantitative estimate of drug-likeness (QED) is 0.441. The van der Waals surface area contributed by atoms with E-state index in [0.717, 1.165) is 17.8 Å². The van der Waals surface area contributed by atoms with Crippen LogP contribution in [0.4, 0.5) is 8.78 Å². The Balaban J connectivity index is 1.42. The summed E-state index contributed by atoms with van der Waals surface area (Å²) >= 11 is 0. The predicted octanol–water partition coefficient (Wildman–Crippen LogP) is 2.40. The van der Waals surface area contributed by atoms with Crippen molar-refractivity contribution in [3.8, 4) is 11.5 Å². The molecule has 33 heavy (non-hydrogen) atoms. The van der Waals surface area contributed by atoms with Gasteiger partial charge in [0.25, 0.3) is 5.89 Å². The van der Waals surface area contributed by atoms with Gasteiger partial charge < -0.3 is 18.7 Å². The van der Waals surface area contributed by atoms with Gasteiger partial charge >= 0.3 is 11.8 Å². The van der Waals surface area contributed by atoms with Gasteiger partial charge in [-0.25, -0.2) is 18.7 Å². The topological polar surface area (TPSA) is 132 Å². The van der Waals surface area contributed by atoms with Crippen LogP contribution in [0.5, 0.6) is 0 Å². The van der Waals surface area contributed by atoms with Gasteiger partial charge in [-0.2, -0.15) is 5.10 Å². The first-order valence-corrected chi connectivity index (χ1v) is 9.89. The van der Waals surface area contributed by atoms with Crippen molar-refractivity contribution < 1.29 is 22.4 Å². The largest absolute Gasteiger partial charge is 0.435 e. The molecule has 0 unspecified atom stereocenters. The van der Waals surface area contributed by atoms with Crippen molar-refractivity contribution in [3.63, 3.8) is 0 Å². The molecule has 1 aromatic carbocycles. The average Bonchev–Trinajstić information content (AvgIpc) is 3.60. The van der Waals surface area contributed by atoms with E-state index in [-0.39, 0.29) is 35.3 Å². The van der Waals surface area contributed by atoms with Crippen molar-refractivity contribution in [2.24, 2.45) is 7.05 Å². The highest BCUT2D eigenvalue weighted by Crippen LogP contribution is 2.36. The number of amides is 1. The van der Waals surface area contributed by atoms with Crippen molar-refractivity contribution >= 4 is 17.0 Å². The van der Waals surface area contributed by atoms with Crippen molar-refractivity contribution in [2.45, 2.75) is 12.5 Å². The van der Waals surface area contributed by atoms with Crippen molar-refractivity contribution in [3.05, 3.63) is 65.7 Å². The molecule has 0 bridgehead atoms. The van der Waals surface area contributed by atoms with Gasteiger partial charge in [-0.1, -0.05) is 0 Å². The molecule has 4 aromatic heterocycles. The SMILES string of the molecule is Cn1cc(-c2nnc(C(=O)N3CCc4[nH]cnc4[C@H]3c3nc4c(F)ccc(F)c4o3)o2)cn1. The number of hydrogen-bond acceptors (Lipinski definition) is 8. The Hall–Kier alpha value is -4.42. The van der Waals surface area contributed by atoms with Gasteiger partial charge in [0.05, 0.1) is 23.8 Å². The predicted molar refractivity (Wildman–Crippen MR) is 106 cm³/mol. The molecule has 1 amide bonds. The van der Waals surface area contributed by atoms with Gasteiger partial charge in [0.2, 0.25) is 5.89 Å². The number of oxazole rings is 1. The highest BCUT2D eigenvalue weighted by atomic mass is 19.1. The standard InChI is InChI=1S/C20H14F2N8O3/c1-29-7-9(6-25-29)17-27-28-19(33-17)20(31)30-5-4-12-14(24-8-23-12)15(30)18-26-13-10(21)2-3-11(22)16(13)32-18/h2-3,6-8,15H,4-5H2,1H3,(H,23,24)/t15-/m0/s1. The Kier molecular flexibility index (Phi) is 4.12. The van der Waals surface area contributed by atoms with Crippen molar-refractivity contribution in [1.29, 1.82) is 0 Å². The summed E-state index contributed by atoms with van der Waals surface area (Å²) in [4.78, 5) is 26.2. The lowest BCUT2D eigenvalue weighted by Crippen LogP contribution is -2.41. The first-order chi connectivity index (χ1) is 16.0. The Morgan fingerprint density at radius 2 is 2.06 bits per heavy atom. The van der Waals surface area contributed by atoms with E-state index in [9.17, 15) is 13.6 Å². The zero-order chi connectivity index (χ0) is 22.7. The number of halogens is 2. The van der Waals surface area contributed by atoms with E-state index in [1.54, 1.807) is 17.9 Å². The molecule has 0 fully saturated rings. The number of aromatic amines is 1. The summed E-state index contributed by atoms with van der Waals surface area (Å²) in [5.74, 6) is -2.31. The lowest BCUT2D eigenvalue weighted by molar-refractivity contribution is 0.0627. The number of fused-ring (bicyclic) bond motifs is 2.